The fraction of sp³-hybridized carbons (Fsp3) is 0.714. The summed E-state index contributed by atoms with van der Waals surface area (Å²) in [6.07, 6.45) is 4.29. The fourth-order valence-corrected chi connectivity index (χ4v) is 2.48. The van der Waals surface area contributed by atoms with Crippen molar-refractivity contribution >= 4 is 23.9 Å². The lowest BCUT2D eigenvalue weighted by atomic mass is 10.2. The second-order valence-electron chi connectivity index (χ2n) is 6.05. The molecule has 5 nitrogen and oxygen atoms in total. The number of ether oxygens (including phenoxy) is 1. The number of hydrogen-bond donors (Lipinski definition) is 0. The topological polar surface area (TPSA) is 45.1 Å². The molecule has 0 aromatic rings. The number of rotatable bonds is 1. The average molecular weight is 300 g/mol. The number of carbonyl (C=O) groups excluding carboxylic acids is 1. The monoisotopic (exact) mass is 299 g/mol. The van der Waals surface area contributed by atoms with Gasteiger partial charge >= 0.3 is 6.09 Å². The molecule has 0 saturated carbocycles. The van der Waals surface area contributed by atoms with Gasteiger partial charge < -0.3 is 14.5 Å². The summed E-state index contributed by atoms with van der Waals surface area (Å²) in [5.74, 6) is 0. The molecule has 0 N–H and O–H groups in total. The van der Waals surface area contributed by atoms with E-state index in [4.69, 9.17) is 16.3 Å². The van der Waals surface area contributed by atoms with Crippen molar-refractivity contribution in [3.63, 3.8) is 0 Å². The Balaban J connectivity index is 1.85. The first kappa shape index (κ1) is 15.2. The molecule has 0 aromatic heterocycles. The van der Waals surface area contributed by atoms with Gasteiger partial charge in [-0.2, -0.15) is 0 Å². The second-order valence-corrected chi connectivity index (χ2v) is 6.55. The van der Waals surface area contributed by atoms with Gasteiger partial charge in [0.1, 0.15) is 11.1 Å². The highest BCUT2D eigenvalue weighted by Crippen LogP contribution is 2.21. The zero-order chi connectivity index (χ0) is 14.8. The first-order chi connectivity index (χ1) is 9.35. The molecule has 1 saturated heterocycles. The van der Waals surface area contributed by atoms with E-state index in [-0.39, 0.29) is 11.6 Å². The number of alkyl halides is 1. The van der Waals surface area contributed by atoms with Crippen molar-refractivity contribution in [2.24, 2.45) is 4.99 Å². The SMILES string of the molecule is CC(C)(C)OC(=O)N1CCN(C2=CC=NC(Cl)C2)CC1. The van der Waals surface area contributed by atoms with E-state index in [0.29, 0.717) is 13.1 Å². The molecule has 2 heterocycles. The van der Waals surface area contributed by atoms with Crippen LogP contribution in [0.3, 0.4) is 0 Å². The smallest absolute Gasteiger partial charge is 0.410 e. The van der Waals surface area contributed by atoms with Gasteiger partial charge in [0, 0.05) is 44.5 Å². The minimum atomic E-state index is -0.442. The standard InChI is InChI=1S/C14H22ClN3O2/c1-14(2,3)20-13(19)18-8-6-17(7-9-18)11-4-5-16-12(15)10-11/h4-5,12H,6-10H2,1-3H3. The summed E-state index contributed by atoms with van der Waals surface area (Å²) in [5.41, 5.74) is 0.588. The highest BCUT2D eigenvalue weighted by atomic mass is 35.5. The summed E-state index contributed by atoms with van der Waals surface area (Å²) in [6.45, 7) is 8.62. The molecule has 2 rings (SSSR count). The third-order valence-corrected chi connectivity index (χ3v) is 3.50. The molecule has 2 aliphatic heterocycles. The average Bonchev–Trinajstić information content (AvgIpc) is 2.37. The normalized spacial score (nSPS) is 23.6. The van der Waals surface area contributed by atoms with E-state index in [1.54, 1.807) is 11.1 Å². The number of piperazine rings is 1. The number of allylic oxidation sites excluding steroid dienone is 1. The summed E-state index contributed by atoms with van der Waals surface area (Å²) in [5, 5.41) is 0. The lowest BCUT2D eigenvalue weighted by Crippen LogP contribution is -2.49. The molecule has 1 amide bonds. The van der Waals surface area contributed by atoms with E-state index in [9.17, 15) is 4.79 Å². The van der Waals surface area contributed by atoms with Gasteiger partial charge in [0.05, 0.1) is 0 Å². The van der Waals surface area contributed by atoms with E-state index in [1.165, 1.54) is 5.70 Å². The Morgan fingerprint density at radius 2 is 2.00 bits per heavy atom. The molecule has 112 valence electrons. The summed E-state index contributed by atoms with van der Waals surface area (Å²) < 4.78 is 5.39. The van der Waals surface area contributed by atoms with Gasteiger partial charge in [-0.05, 0) is 26.8 Å². The van der Waals surface area contributed by atoms with E-state index < -0.39 is 5.60 Å². The van der Waals surface area contributed by atoms with Crippen molar-refractivity contribution in [1.29, 1.82) is 0 Å². The van der Waals surface area contributed by atoms with Gasteiger partial charge in [0.25, 0.3) is 0 Å². The van der Waals surface area contributed by atoms with Crippen LogP contribution < -0.4 is 0 Å². The molecular formula is C14H22ClN3O2. The Labute approximate surface area is 125 Å². The predicted molar refractivity (Wildman–Crippen MR) is 80.2 cm³/mol. The molecule has 0 aromatic carbocycles. The van der Waals surface area contributed by atoms with Crippen molar-refractivity contribution in [2.75, 3.05) is 26.2 Å². The van der Waals surface area contributed by atoms with Crippen LogP contribution >= 0.6 is 11.6 Å². The van der Waals surface area contributed by atoms with Crippen molar-refractivity contribution in [1.82, 2.24) is 9.80 Å². The summed E-state index contributed by atoms with van der Waals surface area (Å²) >= 11 is 6.03. The van der Waals surface area contributed by atoms with Crippen LogP contribution in [0.2, 0.25) is 0 Å². The van der Waals surface area contributed by atoms with Crippen LogP contribution in [0.4, 0.5) is 4.79 Å². The predicted octanol–water partition coefficient (Wildman–Crippen LogP) is 2.46. The highest BCUT2D eigenvalue weighted by molar-refractivity contribution is 6.21. The lowest BCUT2D eigenvalue weighted by Gasteiger charge is -2.38. The third kappa shape index (κ3) is 4.13. The number of amides is 1. The van der Waals surface area contributed by atoms with Crippen LogP contribution in [0.15, 0.2) is 16.8 Å². The Hall–Kier alpha value is -1.23. The number of hydrogen-bond acceptors (Lipinski definition) is 4. The molecule has 2 aliphatic rings. The molecule has 0 aliphatic carbocycles. The van der Waals surface area contributed by atoms with E-state index in [2.05, 4.69) is 9.89 Å². The zero-order valence-electron chi connectivity index (χ0n) is 12.3. The van der Waals surface area contributed by atoms with Gasteiger partial charge in [-0.3, -0.25) is 4.99 Å². The maximum Gasteiger partial charge on any atom is 0.410 e. The number of dihydropyridines is 1. The molecule has 0 bridgehead atoms. The van der Waals surface area contributed by atoms with Gasteiger partial charge in [0.2, 0.25) is 0 Å². The Bertz CT molecular complexity index is 421. The van der Waals surface area contributed by atoms with Gasteiger partial charge in [0.15, 0.2) is 0 Å². The Morgan fingerprint density at radius 3 is 2.55 bits per heavy atom. The maximum absolute atomic E-state index is 12.0. The lowest BCUT2D eigenvalue weighted by molar-refractivity contribution is 0.0166. The molecule has 1 fully saturated rings. The van der Waals surface area contributed by atoms with Crippen molar-refractivity contribution in [2.45, 2.75) is 38.3 Å². The van der Waals surface area contributed by atoms with Crippen LogP contribution in [-0.2, 0) is 4.74 Å². The molecule has 20 heavy (non-hydrogen) atoms. The van der Waals surface area contributed by atoms with Crippen molar-refractivity contribution < 1.29 is 9.53 Å². The summed E-state index contributed by atoms with van der Waals surface area (Å²) in [4.78, 5) is 20.1. The first-order valence-corrected chi connectivity index (χ1v) is 7.38. The summed E-state index contributed by atoms with van der Waals surface area (Å²) in [7, 11) is 0. The van der Waals surface area contributed by atoms with Gasteiger partial charge in [-0.1, -0.05) is 11.6 Å². The van der Waals surface area contributed by atoms with Crippen molar-refractivity contribution in [3.8, 4) is 0 Å². The van der Waals surface area contributed by atoms with E-state index in [1.807, 2.05) is 26.8 Å². The minimum absolute atomic E-state index is 0.168. The van der Waals surface area contributed by atoms with Gasteiger partial charge in [-0.15, -0.1) is 0 Å². The van der Waals surface area contributed by atoms with Crippen LogP contribution in [-0.4, -0.2) is 59.4 Å². The van der Waals surface area contributed by atoms with Gasteiger partial charge in [-0.25, -0.2) is 4.79 Å². The number of aliphatic imine (C=N–C) groups is 1. The molecule has 1 atom stereocenters. The van der Waals surface area contributed by atoms with Crippen LogP contribution in [0.25, 0.3) is 0 Å². The van der Waals surface area contributed by atoms with Crippen molar-refractivity contribution in [3.05, 3.63) is 11.8 Å². The summed E-state index contributed by atoms with van der Waals surface area (Å²) in [6, 6.07) is 0. The number of carbonyl (C=O) groups is 1. The van der Waals surface area contributed by atoms with Crippen LogP contribution in [0.5, 0.6) is 0 Å². The zero-order valence-corrected chi connectivity index (χ0v) is 13.1. The van der Waals surface area contributed by atoms with E-state index in [0.717, 1.165) is 19.5 Å². The maximum atomic E-state index is 12.0. The minimum Gasteiger partial charge on any atom is -0.444 e. The quantitative estimate of drug-likeness (QED) is 0.552. The van der Waals surface area contributed by atoms with E-state index >= 15 is 0 Å². The van der Waals surface area contributed by atoms with Crippen LogP contribution in [0, 0.1) is 0 Å². The van der Waals surface area contributed by atoms with Crippen LogP contribution in [0.1, 0.15) is 27.2 Å². The highest BCUT2D eigenvalue weighted by Gasteiger charge is 2.27. The third-order valence-electron chi connectivity index (χ3n) is 3.23. The molecular weight excluding hydrogens is 278 g/mol. The Morgan fingerprint density at radius 1 is 1.35 bits per heavy atom. The first-order valence-electron chi connectivity index (χ1n) is 6.94. The fourth-order valence-electron chi connectivity index (χ4n) is 2.25. The molecule has 0 spiro atoms. The largest absolute Gasteiger partial charge is 0.444 e. The molecule has 6 heteroatoms. The number of halogens is 1. The molecule has 0 radical (unpaired) electrons. The second kappa shape index (κ2) is 6.04. The number of nitrogens with zero attached hydrogens (tertiary/aromatic N) is 3. The Kier molecular flexibility index (Phi) is 4.58. The molecule has 1 unspecified atom stereocenters.